The molecule has 17 heavy (non-hydrogen) atoms. The van der Waals surface area contributed by atoms with Gasteiger partial charge < -0.3 is 10.0 Å². The highest BCUT2D eigenvalue weighted by Gasteiger charge is 2.24. The molecule has 1 aliphatic heterocycles. The van der Waals surface area contributed by atoms with E-state index in [9.17, 15) is 5.11 Å². The highest BCUT2D eigenvalue weighted by atomic mass is 79.9. The molecule has 0 amide bonds. The third kappa shape index (κ3) is 2.83. The van der Waals surface area contributed by atoms with Crippen LogP contribution in [0, 0.1) is 5.92 Å². The monoisotopic (exact) mass is 297 g/mol. The van der Waals surface area contributed by atoms with Crippen LogP contribution >= 0.6 is 15.9 Å². The number of halogens is 1. The zero-order chi connectivity index (χ0) is 12.4. The minimum absolute atomic E-state index is 0.111. The standard InChI is InChI=1S/C14H20BrNO/c1-10-3-4-11(2)16(8-10)14-7-13(15)6-5-12(14)9-17/h5-7,10-11,17H,3-4,8-9H2,1-2H3. The minimum atomic E-state index is 0.111. The van der Waals surface area contributed by atoms with Crippen molar-refractivity contribution in [1.82, 2.24) is 0 Å². The number of anilines is 1. The van der Waals surface area contributed by atoms with Crippen LogP contribution in [-0.4, -0.2) is 17.7 Å². The van der Waals surface area contributed by atoms with E-state index in [1.807, 2.05) is 12.1 Å². The second kappa shape index (κ2) is 5.40. The molecule has 1 N–H and O–H groups in total. The van der Waals surface area contributed by atoms with Crippen LogP contribution in [0.5, 0.6) is 0 Å². The molecule has 2 atom stereocenters. The van der Waals surface area contributed by atoms with Gasteiger partial charge in [0.1, 0.15) is 0 Å². The maximum absolute atomic E-state index is 9.45. The molecule has 0 aromatic heterocycles. The Balaban J connectivity index is 2.33. The van der Waals surface area contributed by atoms with E-state index in [2.05, 4.69) is 40.7 Å². The van der Waals surface area contributed by atoms with Gasteiger partial charge in [-0.05, 0) is 37.8 Å². The zero-order valence-electron chi connectivity index (χ0n) is 10.5. The van der Waals surface area contributed by atoms with E-state index in [0.29, 0.717) is 6.04 Å². The molecule has 0 saturated carbocycles. The predicted molar refractivity (Wildman–Crippen MR) is 75.3 cm³/mol. The fraction of sp³-hybridized carbons (Fsp3) is 0.571. The van der Waals surface area contributed by atoms with E-state index in [-0.39, 0.29) is 6.61 Å². The lowest BCUT2D eigenvalue weighted by molar-refractivity contribution is 0.281. The number of aliphatic hydroxyl groups is 1. The number of nitrogens with zero attached hydrogens (tertiary/aromatic N) is 1. The van der Waals surface area contributed by atoms with Crippen LogP contribution in [0.25, 0.3) is 0 Å². The van der Waals surface area contributed by atoms with Crippen LogP contribution < -0.4 is 4.90 Å². The molecule has 1 aliphatic rings. The molecule has 1 heterocycles. The summed E-state index contributed by atoms with van der Waals surface area (Å²) in [4.78, 5) is 2.44. The molecule has 1 aromatic rings. The Labute approximate surface area is 112 Å². The third-order valence-corrected chi connectivity index (χ3v) is 4.14. The van der Waals surface area contributed by atoms with Crippen LogP contribution in [0.1, 0.15) is 32.3 Å². The fourth-order valence-electron chi connectivity index (χ4n) is 2.56. The maximum Gasteiger partial charge on any atom is 0.0702 e. The van der Waals surface area contributed by atoms with Gasteiger partial charge in [-0.25, -0.2) is 0 Å². The van der Waals surface area contributed by atoms with Gasteiger partial charge in [-0.3, -0.25) is 0 Å². The molecular formula is C14H20BrNO. The van der Waals surface area contributed by atoms with Crippen molar-refractivity contribution in [3.63, 3.8) is 0 Å². The summed E-state index contributed by atoms with van der Waals surface area (Å²) in [6.07, 6.45) is 2.54. The van der Waals surface area contributed by atoms with Gasteiger partial charge in [0.25, 0.3) is 0 Å². The number of piperidine rings is 1. The van der Waals surface area contributed by atoms with Crippen molar-refractivity contribution >= 4 is 21.6 Å². The van der Waals surface area contributed by atoms with Crippen molar-refractivity contribution in [2.24, 2.45) is 5.92 Å². The first-order valence-electron chi connectivity index (χ1n) is 6.27. The average Bonchev–Trinajstić information content (AvgIpc) is 2.32. The summed E-state index contributed by atoms with van der Waals surface area (Å²) in [6.45, 7) is 5.77. The minimum Gasteiger partial charge on any atom is -0.392 e. The van der Waals surface area contributed by atoms with Crippen LogP contribution in [0.3, 0.4) is 0 Å². The highest BCUT2D eigenvalue weighted by molar-refractivity contribution is 9.10. The number of hydrogen-bond donors (Lipinski definition) is 1. The summed E-state index contributed by atoms with van der Waals surface area (Å²) in [5.41, 5.74) is 2.20. The van der Waals surface area contributed by atoms with Crippen LogP contribution in [0.2, 0.25) is 0 Å². The molecule has 2 nitrogen and oxygen atoms in total. The second-order valence-electron chi connectivity index (χ2n) is 5.12. The Kier molecular flexibility index (Phi) is 4.10. The van der Waals surface area contributed by atoms with E-state index in [1.54, 1.807) is 0 Å². The Bertz CT molecular complexity index is 394. The first-order valence-corrected chi connectivity index (χ1v) is 7.07. The first-order chi connectivity index (χ1) is 8.11. The van der Waals surface area contributed by atoms with Gasteiger partial charge in [-0.15, -0.1) is 0 Å². The lowest BCUT2D eigenvalue weighted by Crippen LogP contribution is -2.41. The SMILES string of the molecule is CC1CCC(C)N(c2cc(Br)ccc2CO)C1. The van der Waals surface area contributed by atoms with Gasteiger partial charge in [0.2, 0.25) is 0 Å². The van der Waals surface area contributed by atoms with Gasteiger partial charge >= 0.3 is 0 Å². The summed E-state index contributed by atoms with van der Waals surface area (Å²) in [7, 11) is 0. The third-order valence-electron chi connectivity index (χ3n) is 3.64. The molecule has 1 aromatic carbocycles. The van der Waals surface area contributed by atoms with Crippen molar-refractivity contribution < 1.29 is 5.11 Å². The maximum atomic E-state index is 9.45. The van der Waals surface area contributed by atoms with Crippen LogP contribution in [-0.2, 0) is 6.61 Å². The summed E-state index contributed by atoms with van der Waals surface area (Å²) in [5.74, 6) is 0.733. The summed E-state index contributed by atoms with van der Waals surface area (Å²) in [6, 6.07) is 6.68. The van der Waals surface area contributed by atoms with Crippen molar-refractivity contribution in [1.29, 1.82) is 0 Å². The van der Waals surface area contributed by atoms with Crippen molar-refractivity contribution in [2.45, 2.75) is 39.3 Å². The molecule has 0 spiro atoms. The van der Waals surface area contributed by atoms with Gasteiger partial charge in [0.15, 0.2) is 0 Å². The Hall–Kier alpha value is -0.540. The average molecular weight is 298 g/mol. The van der Waals surface area contributed by atoms with Gasteiger partial charge in [-0.2, -0.15) is 0 Å². The lowest BCUT2D eigenvalue weighted by Gasteiger charge is -2.39. The van der Waals surface area contributed by atoms with E-state index in [0.717, 1.165) is 22.5 Å². The predicted octanol–water partition coefficient (Wildman–Crippen LogP) is 3.57. The quantitative estimate of drug-likeness (QED) is 0.902. The zero-order valence-corrected chi connectivity index (χ0v) is 12.1. The second-order valence-corrected chi connectivity index (χ2v) is 6.03. The number of benzene rings is 1. The number of rotatable bonds is 2. The van der Waals surface area contributed by atoms with E-state index in [4.69, 9.17) is 0 Å². The summed E-state index contributed by atoms with van der Waals surface area (Å²) in [5, 5.41) is 9.45. The van der Waals surface area contributed by atoms with Gasteiger partial charge in [0, 0.05) is 28.3 Å². The van der Waals surface area contributed by atoms with Gasteiger partial charge in [-0.1, -0.05) is 28.9 Å². The van der Waals surface area contributed by atoms with Crippen molar-refractivity contribution in [3.8, 4) is 0 Å². The Morgan fingerprint density at radius 2 is 2.12 bits per heavy atom. The summed E-state index contributed by atoms with van der Waals surface area (Å²) >= 11 is 3.52. The molecule has 2 rings (SSSR count). The largest absolute Gasteiger partial charge is 0.392 e. The topological polar surface area (TPSA) is 23.5 Å². The highest BCUT2D eigenvalue weighted by Crippen LogP contribution is 2.32. The van der Waals surface area contributed by atoms with E-state index >= 15 is 0 Å². The van der Waals surface area contributed by atoms with E-state index in [1.165, 1.54) is 18.5 Å². The summed E-state index contributed by atoms with van der Waals surface area (Å²) < 4.78 is 1.08. The lowest BCUT2D eigenvalue weighted by atomic mass is 9.94. The normalized spacial score (nSPS) is 25.1. The van der Waals surface area contributed by atoms with Gasteiger partial charge in [0.05, 0.1) is 6.61 Å². The van der Waals surface area contributed by atoms with Crippen molar-refractivity contribution in [3.05, 3.63) is 28.2 Å². The molecule has 1 saturated heterocycles. The molecule has 3 heteroatoms. The van der Waals surface area contributed by atoms with Crippen molar-refractivity contribution in [2.75, 3.05) is 11.4 Å². The van der Waals surface area contributed by atoms with Crippen LogP contribution in [0.4, 0.5) is 5.69 Å². The van der Waals surface area contributed by atoms with Crippen LogP contribution in [0.15, 0.2) is 22.7 Å². The molecular weight excluding hydrogens is 278 g/mol. The van der Waals surface area contributed by atoms with E-state index < -0.39 is 0 Å². The molecule has 1 fully saturated rings. The fourth-order valence-corrected chi connectivity index (χ4v) is 2.91. The Morgan fingerprint density at radius 1 is 1.35 bits per heavy atom. The Morgan fingerprint density at radius 3 is 2.82 bits per heavy atom. The first kappa shape index (κ1) is 12.9. The molecule has 94 valence electrons. The number of hydrogen-bond acceptors (Lipinski definition) is 2. The molecule has 0 radical (unpaired) electrons. The molecule has 0 bridgehead atoms. The molecule has 0 aliphatic carbocycles. The number of aliphatic hydroxyl groups excluding tert-OH is 1. The molecule has 2 unspecified atom stereocenters. The smallest absolute Gasteiger partial charge is 0.0702 e.